The molecule has 1 aromatic carbocycles. The Labute approximate surface area is 173 Å². The van der Waals surface area contributed by atoms with Gasteiger partial charge in [-0.2, -0.15) is 0 Å². The van der Waals surface area contributed by atoms with Gasteiger partial charge in [0.15, 0.2) is 5.82 Å². The van der Waals surface area contributed by atoms with Gasteiger partial charge >= 0.3 is 0 Å². The minimum absolute atomic E-state index is 0.0569. The van der Waals surface area contributed by atoms with Crippen molar-refractivity contribution in [3.05, 3.63) is 47.6 Å². The first-order valence-corrected chi connectivity index (χ1v) is 10.6. The Kier molecular flexibility index (Phi) is 7.51. The van der Waals surface area contributed by atoms with E-state index in [1.54, 1.807) is 0 Å². The van der Waals surface area contributed by atoms with E-state index in [9.17, 15) is 9.18 Å². The van der Waals surface area contributed by atoms with Gasteiger partial charge in [-0.3, -0.25) is 4.79 Å². The van der Waals surface area contributed by atoms with Crippen molar-refractivity contribution in [1.82, 2.24) is 20.2 Å². The highest BCUT2D eigenvalue weighted by atomic mass is 32.2. The lowest BCUT2D eigenvalue weighted by molar-refractivity contribution is -0.120. The fourth-order valence-electron chi connectivity index (χ4n) is 3.00. The summed E-state index contributed by atoms with van der Waals surface area (Å²) in [7, 11) is 0. The number of allylic oxidation sites excluding steroid dienone is 1. The zero-order valence-corrected chi connectivity index (χ0v) is 17.3. The van der Waals surface area contributed by atoms with Gasteiger partial charge in [-0.15, -0.1) is 10.2 Å². The number of nitrogens with two attached hydrogens (primary N) is 1. The van der Waals surface area contributed by atoms with Gasteiger partial charge < -0.3 is 15.9 Å². The zero-order chi connectivity index (χ0) is 20.6. The third-order valence-electron chi connectivity index (χ3n) is 4.70. The summed E-state index contributed by atoms with van der Waals surface area (Å²) in [5, 5.41) is 11.1. The molecule has 1 heterocycles. The standard InChI is InChI=1S/C20H26FN5O2S/c1-14(19(27)23-12-11-15-5-3-2-4-6-15)29-20-25-24-18(26(20)22)13-28-17-9-7-16(21)8-10-17/h5,7-10,14H,2-4,6,11-13,22H2,1H3,(H,23,27). The van der Waals surface area contributed by atoms with Gasteiger partial charge in [-0.05, 0) is 63.3 Å². The van der Waals surface area contributed by atoms with Crippen LogP contribution in [0.1, 0.15) is 44.9 Å². The number of nitrogen functional groups attached to an aromatic ring is 1. The lowest BCUT2D eigenvalue weighted by atomic mass is 9.97. The largest absolute Gasteiger partial charge is 0.486 e. The van der Waals surface area contributed by atoms with Crippen molar-refractivity contribution < 1.29 is 13.9 Å². The van der Waals surface area contributed by atoms with Gasteiger partial charge in [0.2, 0.25) is 11.1 Å². The van der Waals surface area contributed by atoms with Crippen LogP contribution >= 0.6 is 11.8 Å². The second-order valence-electron chi connectivity index (χ2n) is 6.92. The second kappa shape index (κ2) is 10.3. The summed E-state index contributed by atoms with van der Waals surface area (Å²) in [4.78, 5) is 12.3. The molecule has 29 heavy (non-hydrogen) atoms. The number of nitrogens with one attached hydrogen (secondary N) is 1. The molecule has 0 aliphatic heterocycles. The van der Waals surface area contributed by atoms with Crippen molar-refractivity contribution in [2.75, 3.05) is 12.4 Å². The number of amides is 1. The number of thioether (sulfide) groups is 1. The number of carbonyl (C=O) groups excluding carboxylic acids is 1. The van der Waals surface area contributed by atoms with Crippen molar-refractivity contribution in [2.24, 2.45) is 0 Å². The first kappa shape index (κ1) is 21.2. The molecule has 1 aliphatic carbocycles. The molecule has 3 rings (SSSR count). The maximum Gasteiger partial charge on any atom is 0.233 e. The van der Waals surface area contributed by atoms with Crippen LogP contribution in [0, 0.1) is 5.82 Å². The molecule has 9 heteroatoms. The zero-order valence-electron chi connectivity index (χ0n) is 16.4. The van der Waals surface area contributed by atoms with Crippen molar-refractivity contribution in [2.45, 2.75) is 56.0 Å². The average Bonchev–Trinajstić information content (AvgIpc) is 3.07. The van der Waals surface area contributed by atoms with Crippen LogP contribution < -0.4 is 15.9 Å². The van der Waals surface area contributed by atoms with Crippen molar-refractivity contribution in [3.63, 3.8) is 0 Å². The second-order valence-corrected chi connectivity index (χ2v) is 8.23. The van der Waals surface area contributed by atoms with Gasteiger partial charge in [-0.1, -0.05) is 23.4 Å². The first-order valence-electron chi connectivity index (χ1n) is 9.73. The number of rotatable bonds is 9. The molecule has 0 radical (unpaired) electrons. The number of nitrogens with zero attached hydrogens (tertiary/aromatic N) is 3. The molecule has 156 valence electrons. The Hall–Kier alpha value is -2.55. The summed E-state index contributed by atoms with van der Waals surface area (Å²) in [6.45, 7) is 2.54. The molecule has 0 bridgehead atoms. The van der Waals surface area contributed by atoms with Crippen LogP contribution in [-0.4, -0.2) is 32.6 Å². The summed E-state index contributed by atoms with van der Waals surface area (Å²) in [6, 6.07) is 5.68. The molecule has 1 atom stereocenters. The highest BCUT2D eigenvalue weighted by molar-refractivity contribution is 8.00. The van der Waals surface area contributed by atoms with E-state index in [2.05, 4.69) is 21.6 Å². The van der Waals surface area contributed by atoms with Crippen LogP contribution in [0.4, 0.5) is 4.39 Å². The van der Waals surface area contributed by atoms with Gasteiger partial charge in [-0.25, -0.2) is 9.07 Å². The molecule has 2 aromatic rings. The van der Waals surface area contributed by atoms with Crippen molar-refractivity contribution in [1.29, 1.82) is 0 Å². The summed E-state index contributed by atoms with van der Waals surface area (Å²) in [5.74, 6) is 6.55. The summed E-state index contributed by atoms with van der Waals surface area (Å²) >= 11 is 1.24. The number of halogens is 1. The van der Waals surface area contributed by atoms with E-state index in [0.717, 1.165) is 19.3 Å². The molecule has 1 aliphatic rings. The number of benzene rings is 1. The molecule has 3 N–H and O–H groups in total. The third kappa shape index (κ3) is 6.22. The Bertz CT molecular complexity index is 853. The van der Waals surface area contributed by atoms with E-state index >= 15 is 0 Å². The number of hydrogen-bond donors (Lipinski definition) is 2. The molecule has 1 amide bonds. The minimum atomic E-state index is -0.354. The van der Waals surface area contributed by atoms with Crippen molar-refractivity contribution >= 4 is 17.7 Å². The monoisotopic (exact) mass is 419 g/mol. The quantitative estimate of drug-likeness (QED) is 0.368. The fourth-order valence-corrected chi connectivity index (χ4v) is 3.81. The van der Waals surface area contributed by atoms with Gasteiger partial charge in [0.1, 0.15) is 18.2 Å². The normalized spacial score (nSPS) is 14.9. The molecule has 0 saturated carbocycles. The van der Waals surface area contributed by atoms with E-state index in [1.807, 2.05) is 6.92 Å². The lowest BCUT2D eigenvalue weighted by Gasteiger charge is -2.14. The molecular formula is C20H26FN5O2S. The van der Waals surface area contributed by atoms with Crippen LogP contribution in [0.2, 0.25) is 0 Å². The molecule has 0 spiro atoms. The van der Waals surface area contributed by atoms with E-state index in [4.69, 9.17) is 10.6 Å². The summed E-state index contributed by atoms with van der Waals surface area (Å²) in [6.07, 6.45) is 7.99. The third-order valence-corrected chi connectivity index (χ3v) is 5.76. The summed E-state index contributed by atoms with van der Waals surface area (Å²) in [5.41, 5.74) is 1.43. The Morgan fingerprint density at radius 3 is 2.86 bits per heavy atom. The highest BCUT2D eigenvalue weighted by Gasteiger charge is 2.19. The average molecular weight is 420 g/mol. The minimum Gasteiger partial charge on any atom is -0.486 e. The highest BCUT2D eigenvalue weighted by Crippen LogP contribution is 2.22. The Morgan fingerprint density at radius 2 is 2.14 bits per heavy atom. The lowest BCUT2D eigenvalue weighted by Crippen LogP contribution is -2.32. The predicted octanol–water partition coefficient (Wildman–Crippen LogP) is 3.20. The SMILES string of the molecule is CC(Sc1nnc(COc2ccc(F)cc2)n1N)C(=O)NCCC1=CCCCC1. The summed E-state index contributed by atoms with van der Waals surface area (Å²) < 4.78 is 19.8. The van der Waals surface area contributed by atoms with E-state index in [1.165, 1.54) is 59.1 Å². The first-order chi connectivity index (χ1) is 14.0. The molecule has 0 fully saturated rings. The molecule has 1 aromatic heterocycles. The van der Waals surface area contributed by atoms with Crippen LogP contribution in [0.15, 0.2) is 41.1 Å². The number of carbonyl (C=O) groups is 1. The maximum absolute atomic E-state index is 12.9. The van der Waals surface area contributed by atoms with Crippen LogP contribution in [0.3, 0.4) is 0 Å². The van der Waals surface area contributed by atoms with Gasteiger partial charge in [0, 0.05) is 6.54 Å². The van der Waals surface area contributed by atoms with Gasteiger partial charge in [0.25, 0.3) is 0 Å². The molecule has 7 nitrogen and oxygen atoms in total. The Morgan fingerprint density at radius 1 is 1.34 bits per heavy atom. The molecule has 0 saturated heterocycles. The molecule has 1 unspecified atom stereocenters. The number of ether oxygens (including phenoxy) is 1. The number of aromatic nitrogens is 3. The predicted molar refractivity (Wildman–Crippen MR) is 110 cm³/mol. The van der Waals surface area contributed by atoms with Crippen LogP contribution in [-0.2, 0) is 11.4 Å². The fraction of sp³-hybridized carbons (Fsp3) is 0.450. The van der Waals surface area contributed by atoms with Crippen LogP contribution in [0.5, 0.6) is 5.75 Å². The van der Waals surface area contributed by atoms with E-state index in [0.29, 0.717) is 23.3 Å². The smallest absolute Gasteiger partial charge is 0.233 e. The van der Waals surface area contributed by atoms with Gasteiger partial charge in [0.05, 0.1) is 5.25 Å². The topological polar surface area (TPSA) is 95.1 Å². The van der Waals surface area contributed by atoms with Crippen LogP contribution in [0.25, 0.3) is 0 Å². The van der Waals surface area contributed by atoms with E-state index in [-0.39, 0.29) is 23.6 Å². The molecular weight excluding hydrogens is 393 g/mol. The number of hydrogen-bond acceptors (Lipinski definition) is 6. The Balaban J connectivity index is 1.45. The van der Waals surface area contributed by atoms with Crippen molar-refractivity contribution in [3.8, 4) is 5.75 Å². The maximum atomic E-state index is 12.9. The van der Waals surface area contributed by atoms with E-state index < -0.39 is 0 Å².